The van der Waals surface area contributed by atoms with E-state index in [2.05, 4.69) is 26.8 Å². The highest BCUT2D eigenvalue weighted by Crippen LogP contribution is 2.40. The summed E-state index contributed by atoms with van der Waals surface area (Å²) in [5.74, 6) is 1.81. The largest absolute Gasteiger partial charge is 0.508 e. The van der Waals surface area contributed by atoms with Gasteiger partial charge in [-0.3, -0.25) is 0 Å². The fraction of sp³-hybridized carbons (Fsp3) is 0.667. The molecule has 1 unspecified atom stereocenters. The van der Waals surface area contributed by atoms with Gasteiger partial charge in [0.15, 0.2) is 0 Å². The zero-order valence-electron chi connectivity index (χ0n) is 13.1. The zero-order valence-corrected chi connectivity index (χ0v) is 13.1. The average Bonchev–Trinajstić information content (AvgIpc) is 2.38. The summed E-state index contributed by atoms with van der Waals surface area (Å²) in [4.78, 5) is 0. The molecule has 3 N–H and O–H groups in total. The molecule has 0 aromatic heterocycles. The second-order valence-corrected chi connectivity index (χ2v) is 7.52. The molecule has 0 heterocycles. The number of benzene rings is 1. The van der Waals surface area contributed by atoms with Gasteiger partial charge in [0, 0.05) is 6.04 Å². The van der Waals surface area contributed by atoms with Gasteiger partial charge < -0.3 is 10.8 Å². The highest BCUT2D eigenvalue weighted by atomic mass is 16.3. The molecule has 2 rings (SSSR count). The topological polar surface area (TPSA) is 46.2 Å². The Morgan fingerprint density at radius 1 is 1.20 bits per heavy atom. The number of rotatable bonds is 3. The quantitative estimate of drug-likeness (QED) is 0.872. The standard InChI is InChI=1S/C18H29NO/c1-18(2,3)15-9-7-14(8-10-15)17(19)12-13-5-4-6-16(20)11-13/h4-6,11,14-15,17,20H,7-10,12,19H2,1-3H3. The first-order valence-electron chi connectivity index (χ1n) is 7.90. The van der Waals surface area contributed by atoms with E-state index >= 15 is 0 Å². The highest BCUT2D eigenvalue weighted by Gasteiger charge is 2.31. The van der Waals surface area contributed by atoms with Gasteiger partial charge in [-0.2, -0.15) is 0 Å². The van der Waals surface area contributed by atoms with E-state index in [-0.39, 0.29) is 6.04 Å². The Balaban J connectivity index is 1.87. The molecular formula is C18H29NO. The van der Waals surface area contributed by atoms with Gasteiger partial charge in [0.2, 0.25) is 0 Å². The summed E-state index contributed by atoms with van der Waals surface area (Å²) in [6.45, 7) is 7.06. The Bertz CT molecular complexity index is 427. The minimum Gasteiger partial charge on any atom is -0.508 e. The zero-order chi connectivity index (χ0) is 14.8. The molecule has 1 aliphatic carbocycles. The van der Waals surface area contributed by atoms with E-state index in [1.165, 1.54) is 25.7 Å². The lowest BCUT2D eigenvalue weighted by Crippen LogP contribution is -2.36. The van der Waals surface area contributed by atoms with Crippen molar-refractivity contribution in [1.82, 2.24) is 0 Å². The molecule has 112 valence electrons. The van der Waals surface area contributed by atoms with Crippen molar-refractivity contribution in [3.05, 3.63) is 29.8 Å². The van der Waals surface area contributed by atoms with Crippen molar-refractivity contribution >= 4 is 0 Å². The minimum atomic E-state index is 0.220. The van der Waals surface area contributed by atoms with Gasteiger partial charge in [0.05, 0.1) is 0 Å². The van der Waals surface area contributed by atoms with E-state index in [4.69, 9.17) is 5.73 Å². The van der Waals surface area contributed by atoms with Crippen LogP contribution in [0.3, 0.4) is 0 Å². The van der Waals surface area contributed by atoms with E-state index in [9.17, 15) is 5.11 Å². The van der Waals surface area contributed by atoms with Gasteiger partial charge in [0.25, 0.3) is 0 Å². The van der Waals surface area contributed by atoms with Crippen LogP contribution >= 0.6 is 0 Å². The lowest BCUT2D eigenvalue weighted by molar-refractivity contribution is 0.139. The lowest BCUT2D eigenvalue weighted by atomic mass is 9.68. The summed E-state index contributed by atoms with van der Waals surface area (Å²) in [5, 5.41) is 9.52. The molecule has 1 aromatic carbocycles. The third-order valence-electron chi connectivity index (χ3n) is 4.98. The molecule has 0 aliphatic heterocycles. The predicted molar refractivity (Wildman–Crippen MR) is 84.7 cm³/mol. The Kier molecular flexibility index (Phi) is 4.74. The van der Waals surface area contributed by atoms with Crippen molar-refractivity contribution in [1.29, 1.82) is 0 Å². The molecule has 0 amide bonds. The van der Waals surface area contributed by atoms with E-state index in [1.807, 2.05) is 12.1 Å². The first-order chi connectivity index (χ1) is 9.36. The van der Waals surface area contributed by atoms with Crippen LogP contribution in [0.2, 0.25) is 0 Å². The fourth-order valence-electron chi connectivity index (χ4n) is 3.54. The maximum atomic E-state index is 9.52. The number of phenols is 1. The summed E-state index contributed by atoms with van der Waals surface area (Å²) in [6, 6.07) is 7.72. The van der Waals surface area contributed by atoms with Gasteiger partial charge in [0.1, 0.15) is 5.75 Å². The first-order valence-corrected chi connectivity index (χ1v) is 7.90. The average molecular weight is 275 g/mol. The Labute approximate surface area is 123 Å². The van der Waals surface area contributed by atoms with Gasteiger partial charge in [-0.1, -0.05) is 32.9 Å². The molecule has 0 bridgehead atoms. The molecule has 2 heteroatoms. The van der Waals surface area contributed by atoms with Crippen LogP contribution in [-0.2, 0) is 6.42 Å². The molecule has 0 spiro atoms. The Hall–Kier alpha value is -1.02. The van der Waals surface area contributed by atoms with Crippen molar-refractivity contribution in [3.8, 4) is 5.75 Å². The van der Waals surface area contributed by atoms with Crippen LogP contribution in [0.1, 0.15) is 52.0 Å². The molecule has 1 aromatic rings. The molecule has 1 fully saturated rings. The molecule has 1 atom stereocenters. The smallest absolute Gasteiger partial charge is 0.115 e. The summed E-state index contributed by atoms with van der Waals surface area (Å²) in [6.07, 6.45) is 5.99. The normalized spacial score (nSPS) is 25.4. The number of nitrogens with two attached hydrogens (primary N) is 1. The summed E-state index contributed by atoms with van der Waals surface area (Å²) < 4.78 is 0. The number of aromatic hydroxyl groups is 1. The van der Waals surface area contributed by atoms with Gasteiger partial charge in [-0.05, 0) is 67.1 Å². The Morgan fingerprint density at radius 3 is 2.40 bits per heavy atom. The molecule has 0 saturated heterocycles. The minimum absolute atomic E-state index is 0.220. The number of hydrogen-bond acceptors (Lipinski definition) is 2. The molecule has 1 saturated carbocycles. The third kappa shape index (κ3) is 3.99. The van der Waals surface area contributed by atoms with Gasteiger partial charge in [-0.15, -0.1) is 0 Å². The van der Waals surface area contributed by atoms with Crippen molar-refractivity contribution in [2.75, 3.05) is 0 Å². The monoisotopic (exact) mass is 275 g/mol. The van der Waals surface area contributed by atoms with Crippen LogP contribution in [0.4, 0.5) is 0 Å². The van der Waals surface area contributed by atoms with Crippen molar-refractivity contribution in [2.45, 2.75) is 58.9 Å². The summed E-state index contributed by atoms with van der Waals surface area (Å²) in [5.41, 5.74) is 7.98. The maximum Gasteiger partial charge on any atom is 0.115 e. The van der Waals surface area contributed by atoms with Crippen LogP contribution in [0.25, 0.3) is 0 Å². The molecule has 1 aliphatic rings. The van der Waals surface area contributed by atoms with Gasteiger partial charge in [-0.25, -0.2) is 0 Å². The maximum absolute atomic E-state index is 9.52. The SMILES string of the molecule is CC(C)(C)C1CCC(C(N)Cc2cccc(O)c2)CC1. The van der Waals surface area contributed by atoms with E-state index in [0.29, 0.717) is 17.1 Å². The van der Waals surface area contributed by atoms with E-state index in [0.717, 1.165) is 17.9 Å². The van der Waals surface area contributed by atoms with Crippen molar-refractivity contribution in [2.24, 2.45) is 23.0 Å². The van der Waals surface area contributed by atoms with Crippen LogP contribution in [0, 0.1) is 17.3 Å². The van der Waals surface area contributed by atoms with E-state index < -0.39 is 0 Å². The van der Waals surface area contributed by atoms with Crippen LogP contribution < -0.4 is 5.73 Å². The summed E-state index contributed by atoms with van der Waals surface area (Å²) >= 11 is 0. The molecule has 2 nitrogen and oxygen atoms in total. The second-order valence-electron chi connectivity index (χ2n) is 7.52. The third-order valence-corrected chi connectivity index (χ3v) is 4.98. The van der Waals surface area contributed by atoms with E-state index in [1.54, 1.807) is 6.07 Å². The second kappa shape index (κ2) is 6.17. The Morgan fingerprint density at radius 2 is 1.85 bits per heavy atom. The predicted octanol–water partition coefficient (Wildman–Crippen LogP) is 4.11. The van der Waals surface area contributed by atoms with Crippen LogP contribution in [-0.4, -0.2) is 11.1 Å². The highest BCUT2D eigenvalue weighted by molar-refractivity contribution is 5.27. The molecule has 20 heavy (non-hydrogen) atoms. The van der Waals surface area contributed by atoms with Crippen LogP contribution in [0.15, 0.2) is 24.3 Å². The molecule has 0 radical (unpaired) electrons. The van der Waals surface area contributed by atoms with Crippen LogP contribution in [0.5, 0.6) is 5.75 Å². The van der Waals surface area contributed by atoms with Gasteiger partial charge >= 0.3 is 0 Å². The van der Waals surface area contributed by atoms with Crippen molar-refractivity contribution < 1.29 is 5.11 Å². The number of hydrogen-bond donors (Lipinski definition) is 2. The molecular weight excluding hydrogens is 246 g/mol. The summed E-state index contributed by atoms with van der Waals surface area (Å²) in [7, 11) is 0. The number of phenolic OH excluding ortho intramolecular Hbond substituents is 1. The van der Waals surface area contributed by atoms with Crippen molar-refractivity contribution in [3.63, 3.8) is 0 Å². The first kappa shape index (κ1) is 15.4. The fourth-order valence-corrected chi connectivity index (χ4v) is 3.54. The lowest BCUT2D eigenvalue weighted by Gasteiger charge is -2.38.